The summed E-state index contributed by atoms with van der Waals surface area (Å²) in [5.74, 6) is -1.23. The summed E-state index contributed by atoms with van der Waals surface area (Å²) >= 11 is 0. The van der Waals surface area contributed by atoms with Crippen LogP contribution in [0, 0.1) is 20.8 Å². The molecule has 0 saturated heterocycles. The van der Waals surface area contributed by atoms with Gasteiger partial charge in [-0.3, -0.25) is 14.3 Å². The predicted molar refractivity (Wildman–Crippen MR) is 135 cm³/mol. The fourth-order valence-electron chi connectivity index (χ4n) is 3.46. The molecule has 2 amide bonds. The SMILES string of the molecule is Cc1ccc(Cn2nc(C)c(/C=C/C(=O)OCC(=O)Nc3ccc(C(=O)N(C)C)cc3)c2C)cc1. The monoisotopic (exact) mass is 474 g/mol. The van der Waals surface area contributed by atoms with Gasteiger partial charge in [0.05, 0.1) is 12.2 Å². The zero-order valence-corrected chi connectivity index (χ0v) is 20.7. The number of ether oxygens (including phenoxy) is 1. The second kappa shape index (κ2) is 11.3. The number of hydrogen-bond donors (Lipinski definition) is 1. The first kappa shape index (κ1) is 25.4. The summed E-state index contributed by atoms with van der Waals surface area (Å²) in [6.07, 6.45) is 2.95. The smallest absolute Gasteiger partial charge is 0.331 e. The van der Waals surface area contributed by atoms with Crippen LogP contribution in [0.2, 0.25) is 0 Å². The van der Waals surface area contributed by atoms with Gasteiger partial charge in [0.1, 0.15) is 0 Å². The van der Waals surface area contributed by atoms with Gasteiger partial charge in [0.15, 0.2) is 6.61 Å². The van der Waals surface area contributed by atoms with Crippen molar-refractivity contribution in [2.75, 3.05) is 26.0 Å². The molecule has 0 atom stereocenters. The Balaban J connectivity index is 1.53. The second-order valence-electron chi connectivity index (χ2n) is 8.49. The number of anilines is 1. The molecular weight excluding hydrogens is 444 g/mol. The van der Waals surface area contributed by atoms with E-state index in [0.29, 0.717) is 17.8 Å². The Hall–Kier alpha value is -4.20. The van der Waals surface area contributed by atoms with Crippen LogP contribution >= 0.6 is 0 Å². The average Bonchev–Trinajstić information content (AvgIpc) is 3.09. The van der Waals surface area contributed by atoms with Crippen LogP contribution in [0.4, 0.5) is 5.69 Å². The molecule has 1 heterocycles. The number of rotatable bonds is 8. The summed E-state index contributed by atoms with van der Waals surface area (Å²) in [4.78, 5) is 37.7. The Morgan fingerprint density at radius 2 is 1.66 bits per heavy atom. The molecule has 0 spiro atoms. The van der Waals surface area contributed by atoms with Gasteiger partial charge in [-0.25, -0.2) is 4.79 Å². The number of benzene rings is 2. The van der Waals surface area contributed by atoms with Crippen molar-refractivity contribution in [1.29, 1.82) is 0 Å². The number of carbonyl (C=O) groups is 3. The topological polar surface area (TPSA) is 93.5 Å². The lowest BCUT2D eigenvalue weighted by atomic mass is 10.1. The maximum absolute atomic E-state index is 12.2. The maximum atomic E-state index is 12.2. The third-order valence-corrected chi connectivity index (χ3v) is 5.44. The Bertz CT molecular complexity index is 1240. The molecule has 0 unspecified atom stereocenters. The van der Waals surface area contributed by atoms with E-state index in [-0.39, 0.29) is 5.91 Å². The van der Waals surface area contributed by atoms with Crippen molar-refractivity contribution in [3.05, 3.63) is 88.2 Å². The van der Waals surface area contributed by atoms with Gasteiger partial charge in [-0.1, -0.05) is 29.8 Å². The predicted octanol–water partition coefficient (Wildman–Crippen LogP) is 3.75. The molecule has 182 valence electrons. The summed E-state index contributed by atoms with van der Waals surface area (Å²) in [6.45, 7) is 6.09. The molecule has 2 aromatic carbocycles. The highest BCUT2D eigenvalue weighted by Gasteiger charge is 2.12. The van der Waals surface area contributed by atoms with Gasteiger partial charge in [-0.05, 0) is 56.7 Å². The molecule has 0 aliphatic rings. The molecule has 0 aliphatic heterocycles. The van der Waals surface area contributed by atoms with Gasteiger partial charge in [-0.2, -0.15) is 5.10 Å². The number of amides is 2. The molecule has 0 saturated carbocycles. The second-order valence-corrected chi connectivity index (χ2v) is 8.49. The minimum absolute atomic E-state index is 0.130. The average molecular weight is 475 g/mol. The summed E-state index contributed by atoms with van der Waals surface area (Å²) < 4.78 is 6.96. The normalized spacial score (nSPS) is 10.9. The molecule has 8 nitrogen and oxygen atoms in total. The molecule has 0 radical (unpaired) electrons. The van der Waals surface area contributed by atoms with Crippen LogP contribution in [0.15, 0.2) is 54.6 Å². The number of esters is 1. The third-order valence-electron chi connectivity index (χ3n) is 5.44. The first-order valence-corrected chi connectivity index (χ1v) is 11.2. The lowest BCUT2D eigenvalue weighted by Gasteiger charge is -2.11. The number of nitrogens with zero attached hydrogens (tertiary/aromatic N) is 3. The highest BCUT2D eigenvalue weighted by atomic mass is 16.5. The Morgan fingerprint density at radius 1 is 1.00 bits per heavy atom. The van der Waals surface area contributed by atoms with E-state index in [2.05, 4.69) is 34.7 Å². The van der Waals surface area contributed by atoms with Crippen LogP contribution in [0.5, 0.6) is 0 Å². The number of carbonyl (C=O) groups excluding carboxylic acids is 3. The van der Waals surface area contributed by atoms with Crippen molar-refractivity contribution in [2.24, 2.45) is 0 Å². The number of aryl methyl sites for hydroxylation is 2. The van der Waals surface area contributed by atoms with E-state index in [4.69, 9.17) is 4.74 Å². The molecule has 35 heavy (non-hydrogen) atoms. The lowest BCUT2D eigenvalue weighted by Crippen LogP contribution is -2.22. The van der Waals surface area contributed by atoms with E-state index in [1.165, 1.54) is 16.5 Å². The Morgan fingerprint density at radius 3 is 2.29 bits per heavy atom. The van der Waals surface area contributed by atoms with Crippen molar-refractivity contribution in [1.82, 2.24) is 14.7 Å². The highest BCUT2D eigenvalue weighted by Crippen LogP contribution is 2.17. The lowest BCUT2D eigenvalue weighted by molar-refractivity contribution is -0.142. The molecule has 0 fully saturated rings. The standard InChI is InChI=1S/C27H30N4O4/c1-18-6-8-21(9-7-18)16-31-20(3)24(19(2)29-31)14-15-26(33)35-17-25(32)28-23-12-10-22(11-13-23)27(34)30(4)5/h6-15H,16-17H2,1-5H3,(H,28,32)/b15-14+. The van der Waals surface area contributed by atoms with Crippen molar-refractivity contribution < 1.29 is 19.1 Å². The Kier molecular flexibility index (Phi) is 8.20. The van der Waals surface area contributed by atoms with E-state index in [1.54, 1.807) is 44.4 Å². The largest absolute Gasteiger partial charge is 0.452 e. The number of nitrogens with one attached hydrogen (secondary N) is 1. The van der Waals surface area contributed by atoms with Crippen LogP contribution in [-0.4, -0.2) is 53.2 Å². The van der Waals surface area contributed by atoms with Crippen molar-refractivity contribution >= 4 is 29.5 Å². The van der Waals surface area contributed by atoms with Crippen LogP contribution < -0.4 is 5.32 Å². The van der Waals surface area contributed by atoms with Crippen molar-refractivity contribution in [3.63, 3.8) is 0 Å². The van der Waals surface area contributed by atoms with Crippen LogP contribution in [-0.2, 0) is 20.9 Å². The van der Waals surface area contributed by atoms with Gasteiger partial charge in [-0.15, -0.1) is 0 Å². The summed E-state index contributed by atoms with van der Waals surface area (Å²) in [5, 5.41) is 7.22. The van der Waals surface area contributed by atoms with Gasteiger partial charge < -0.3 is 15.0 Å². The summed E-state index contributed by atoms with van der Waals surface area (Å²) in [5.41, 5.74) is 5.93. The van der Waals surface area contributed by atoms with E-state index in [0.717, 1.165) is 22.5 Å². The van der Waals surface area contributed by atoms with Crippen molar-refractivity contribution in [2.45, 2.75) is 27.3 Å². The highest BCUT2D eigenvalue weighted by molar-refractivity contribution is 5.96. The number of aromatic nitrogens is 2. The van der Waals surface area contributed by atoms with Crippen molar-refractivity contribution in [3.8, 4) is 0 Å². The minimum Gasteiger partial charge on any atom is -0.452 e. The van der Waals surface area contributed by atoms with Crippen LogP contribution in [0.3, 0.4) is 0 Å². The minimum atomic E-state index is -0.628. The van der Waals surface area contributed by atoms with E-state index < -0.39 is 18.5 Å². The third kappa shape index (κ3) is 6.89. The van der Waals surface area contributed by atoms with Crippen LogP contribution in [0.1, 0.15) is 38.4 Å². The maximum Gasteiger partial charge on any atom is 0.331 e. The molecule has 0 bridgehead atoms. The van der Waals surface area contributed by atoms with Gasteiger partial charge in [0.25, 0.3) is 11.8 Å². The first-order valence-electron chi connectivity index (χ1n) is 11.2. The van der Waals surface area contributed by atoms with E-state index in [9.17, 15) is 14.4 Å². The molecule has 1 N–H and O–H groups in total. The molecule has 1 aromatic heterocycles. The van der Waals surface area contributed by atoms with Gasteiger partial charge in [0, 0.05) is 42.7 Å². The van der Waals surface area contributed by atoms with E-state index in [1.807, 2.05) is 25.5 Å². The molecule has 8 heteroatoms. The summed E-state index contributed by atoms with van der Waals surface area (Å²) in [7, 11) is 3.34. The summed E-state index contributed by atoms with van der Waals surface area (Å²) in [6, 6.07) is 14.8. The fourth-order valence-corrected chi connectivity index (χ4v) is 3.46. The first-order chi connectivity index (χ1) is 16.6. The zero-order chi connectivity index (χ0) is 25.5. The Labute approximate surface area is 205 Å². The quantitative estimate of drug-likeness (QED) is 0.396. The number of hydrogen-bond acceptors (Lipinski definition) is 5. The fraction of sp³-hybridized carbons (Fsp3) is 0.259. The molecule has 3 rings (SSSR count). The molecular formula is C27H30N4O4. The van der Waals surface area contributed by atoms with Crippen LogP contribution in [0.25, 0.3) is 6.08 Å². The van der Waals surface area contributed by atoms with E-state index >= 15 is 0 Å². The van der Waals surface area contributed by atoms with Gasteiger partial charge in [0.2, 0.25) is 0 Å². The van der Waals surface area contributed by atoms with Gasteiger partial charge >= 0.3 is 5.97 Å². The molecule has 3 aromatic rings. The zero-order valence-electron chi connectivity index (χ0n) is 20.7. The molecule has 0 aliphatic carbocycles.